The van der Waals surface area contributed by atoms with E-state index in [1.165, 1.54) is 23.6 Å². The van der Waals surface area contributed by atoms with Gasteiger partial charge in [-0.1, -0.05) is 62.2 Å². The smallest absolute Gasteiger partial charge is 0.255 e. The van der Waals surface area contributed by atoms with Crippen molar-refractivity contribution in [1.82, 2.24) is 4.98 Å². The lowest BCUT2D eigenvalue weighted by Gasteiger charge is -2.18. The molecule has 0 N–H and O–H groups in total. The highest BCUT2D eigenvalue weighted by Crippen LogP contribution is 2.49. The fourth-order valence-corrected chi connectivity index (χ4v) is 5.54. The Balaban J connectivity index is 1.92. The first kappa shape index (κ1) is 22.5. The van der Waals surface area contributed by atoms with Crippen LogP contribution in [-0.2, 0) is 12.6 Å². The molecule has 0 aliphatic heterocycles. The van der Waals surface area contributed by atoms with Crippen molar-refractivity contribution in [3.63, 3.8) is 0 Å². The standard InChI is InChI=1S/C27H26F3NS/c1-16-12-17(2)14-20(13-16)23-25-21(10-11-31-23)22(27(28,29)30)24(32-25)19-8-6-18(7-9-19)15-26(3,4)5/h6-14H,15H2,1-5H3. The second-order valence-electron chi connectivity index (χ2n) is 9.65. The van der Waals surface area contributed by atoms with Gasteiger partial charge in [-0.3, -0.25) is 4.98 Å². The Labute approximate surface area is 191 Å². The van der Waals surface area contributed by atoms with Gasteiger partial charge in [-0.15, -0.1) is 11.3 Å². The summed E-state index contributed by atoms with van der Waals surface area (Å²) in [5.74, 6) is 0. The van der Waals surface area contributed by atoms with Gasteiger partial charge < -0.3 is 0 Å². The van der Waals surface area contributed by atoms with Gasteiger partial charge in [-0.25, -0.2) is 0 Å². The van der Waals surface area contributed by atoms with Gasteiger partial charge in [0.1, 0.15) is 0 Å². The van der Waals surface area contributed by atoms with Gasteiger partial charge in [0.05, 0.1) is 16.0 Å². The summed E-state index contributed by atoms with van der Waals surface area (Å²) in [5, 5.41) is 0.209. The van der Waals surface area contributed by atoms with Gasteiger partial charge in [0.15, 0.2) is 0 Å². The van der Waals surface area contributed by atoms with Crippen molar-refractivity contribution in [3.8, 4) is 21.7 Å². The number of hydrogen-bond acceptors (Lipinski definition) is 2. The Morgan fingerprint density at radius 1 is 0.844 bits per heavy atom. The van der Waals surface area contributed by atoms with E-state index >= 15 is 0 Å². The Hall–Kier alpha value is -2.66. The molecule has 166 valence electrons. The summed E-state index contributed by atoms with van der Waals surface area (Å²) in [6.07, 6.45) is -2.11. The van der Waals surface area contributed by atoms with Gasteiger partial charge >= 0.3 is 6.18 Å². The van der Waals surface area contributed by atoms with Crippen LogP contribution >= 0.6 is 11.3 Å². The molecule has 4 rings (SSSR count). The maximum absolute atomic E-state index is 14.2. The SMILES string of the molecule is Cc1cc(C)cc(-c2nccc3c(C(F)(F)F)c(-c4ccc(CC(C)(C)C)cc4)sc23)c1. The van der Waals surface area contributed by atoms with E-state index in [-0.39, 0.29) is 15.7 Å². The van der Waals surface area contributed by atoms with E-state index in [0.717, 1.165) is 28.7 Å². The van der Waals surface area contributed by atoms with Crippen molar-refractivity contribution in [1.29, 1.82) is 0 Å². The lowest BCUT2D eigenvalue weighted by molar-refractivity contribution is -0.135. The molecule has 2 aromatic carbocycles. The van der Waals surface area contributed by atoms with Crippen LogP contribution in [0.3, 0.4) is 0 Å². The molecule has 0 bridgehead atoms. The molecule has 0 saturated heterocycles. The summed E-state index contributed by atoms with van der Waals surface area (Å²) in [6, 6.07) is 15.0. The van der Waals surface area contributed by atoms with Crippen molar-refractivity contribution in [2.45, 2.75) is 47.2 Å². The third kappa shape index (κ3) is 4.58. The van der Waals surface area contributed by atoms with E-state index < -0.39 is 11.7 Å². The number of pyridine rings is 1. The van der Waals surface area contributed by atoms with Crippen LogP contribution in [0.2, 0.25) is 0 Å². The number of hydrogen-bond donors (Lipinski definition) is 0. The molecule has 4 aromatic rings. The second kappa shape index (κ2) is 8.04. The first-order chi connectivity index (χ1) is 14.9. The topological polar surface area (TPSA) is 12.9 Å². The maximum Gasteiger partial charge on any atom is 0.418 e. The van der Waals surface area contributed by atoms with Crippen LogP contribution < -0.4 is 0 Å². The molecule has 0 aliphatic carbocycles. The van der Waals surface area contributed by atoms with Crippen LogP contribution in [-0.4, -0.2) is 4.98 Å². The second-order valence-corrected chi connectivity index (χ2v) is 10.7. The molecule has 0 amide bonds. The molecule has 5 heteroatoms. The third-order valence-corrected chi connectivity index (χ3v) is 6.60. The van der Waals surface area contributed by atoms with E-state index in [9.17, 15) is 13.2 Å². The lowest BCUT2D eigenvalue weighted by atomic mass is 9.88. The van der Waals surface area contributed by atoms with Crippen molar-refractivity contribution in [3.05, 3.63) is 77.0 Å². The Morgan fingerprint density at radius 3 is 2.03 bits per heavy atom. The number of halogens is 3. The minimum absolute atomic E-state index is 0.114. The van der Waals surface area contributed by atoms with E-state index in [4.69, 9.17) is 0 Å². The Kier molecular flexibility index (Phi) is 5.66. The average molecular weight is 454 g/mol. The van der Waals surface area contributed by atoms with Crippen LogP contribution in [0.5, 0.6) is 0 Å². The van der Waals surface area contributed by atoms with Gasteiger partial charge in [-0.2, -0.15) is 13.2 Å². The normalized spacial score (nSPS) is 12.5. The molecule has 0 aliphatic rings. The molecular formula is C27H26F3NS. The maximum atomic E-state index is 14.2. The average Bonchev–Trinajstić information content (AvgIpc) is 3.06. The van der Waals surface area contributed by atoms with Crippen LogP contribution in [0.25, 0.3) is 31.8 Å². The molecule has 0 fully saturated rings. The number of aryl methyl sites for hydroxylation is 2. The van der Waals surface area contributed by atoms with E-state index in [2.05, 4.69) is 25.8 Å². The first-order valence-electron chi connectivity index (χ1n) is 10.6. The third-order valence-electron chi connectivity index (χ3n) is 5.33. The fraction of sp³-hybridized carbons (Fsp3) is 0.296. The van der Waals surface area contributed by atoms with Gasteiger partial charge in [-0.05, 0) is 55.0 Å². The summed E-state index contributed by atoms with van der Waals surface area (Å²) in [4.78, 5) is 4.73. The van der Waals surface area contributed by atoms with Crippen molar-refractivity contribution in [2.75, 3.05) is 0 Å². The van der Waals surface area contributed by atoms with Crippen LogP contribution in [0.1, 0.15) is 43.0 Å². The summed E-state index contributed by atoms with van der Waals surface area (Å²) >= 11 is 1.17. The zero-order valence-corrected chi connectivity index (χ0v) is 19.7. The molecular weight excluding hydrogens is 427 g/mol. The molecule has 0 atom stereocenters. The van der Waals surface area contributed by atoms with Crippen LogP contribution in [0.4, 0.5) is 13.2 Å². The number of rotatable bonds is 3. The number of alkyl halides is 3. The largest absolute Gasteiger partial charge is 0.418 e. The highest BCUT2D eigenvalue weighted by Gasteiger charge is 2.38. The number of nitrogens with zero attached hydrogens (tertiary/aromatic N) is 1. The predicted molar refractivity (Wildman–Crippen MR) is 128 cm³/mol. The van der Waals surface area contributed by atoms with Gasteiger partial charge in [0.2, 0.25) is 0 Å². The molecule has 2 heterocycles. The predicted octanol–water partition coefficient (Wildman–Crippen LogP) is 8.85. The number of aromatic nitrogens is 1. The molecule has 32 heavy (non-hydrogen) atoms. The zero-order chi connectivity index (χ0) is 23.3. The Bertz CT molecular complexity index is 1260. The van der Waals surface area contributed by atoms with Crippen molar-refractivity contribution < 1.29 is 13.2 Å². The molecule has 1 nitrogen and oxygen atoms in total. The van der Waals surface area contributed by atoms with E-state index in [0.29, 0.717) is 16.0 Å². The quantitative estimate of drug-likeness (QED) is 0.302. The molecule has 0 radical (unpaired) electrons. The van der Waals surface area contributed by atoms with E-state index in [1.807, 2.05) is 56.3 Å². The number of thiophene rings is 1. The summed E-state index contributed by atoms with van der Waals surface area (Å²) in [7, 11) is 0. The lowest BCUT2D eigenvalue weighted by Crippen LogP contribution is -2.09. The molecule has 2 aromatic heterocycles. The minimum atomic E-state index is -4.46. The highest BCUT2D eigenvalue weighted by atomic mass is 32.1. The van der Waals surface area contributed by atoms with Crippen molar-refractivity contribution in [2.24, 2.45) is 5.41 Å². The minimum Gasteiger partial charge on any atom is -0.255 e. The number of fused-ring (bicyclic) bond motifs is 1. The number of benzene rings is 2. The first-order valence-corrected chi connectivity index (χ1v) is 11.4. The molecule has 0 saturated carbocycles. The fourth-order valence-electron chi connectivity index (χ4n) is 4.21. The van der Waals surface area contributed by atoms with Gasteiger partial charge in [0, 0.05) is 22.0 Å². The Morgan fingerprint density at radius 2 is 1.47 bits per heavy atom. The molecule has 0 unspecified atom stereocenters. The highest BCUT2D eigenvalue weighted by molar-refractivity contribution is 7.23. The van der Waals surface area contributed by atoms with E-state index in [1.54, 1.807) is 0 Å². The van der Waals surface area contributed by atoms with Gasteiger partial charge in [0.25, 0.3) is 0 Å². The molecule has 0 spiro atoms. The van der Waals surface area contributed by atoms with Crippen molar-refractivity contribution >= 4 is 21.4 Å². The summed E-state index contributed by atoms with van der Waals surface area (Å²) in [6.45, 7) is 10.4. The van der Waals surface area contributed by atoms with Crippen LogP contribution in [0, 0.1) is 19.3 Å². The van der Waals surface area contributed by atoms with Crippen LogP contribution in [0.15, 0.2) is 54.7 Å². The monoisotopic (exact) mass is 453 g/mol. The zero-order valence-electron chi connectivity index (χ0n) is 18.9. The summed E-state index contributed by atoms with van der Waals surface area (Å²) < 4.78 is 43.3. The summed E-state index contributed by atoms with van der Waals surface area (Å²) in [5.41, 5.74) is 4.80.